The van der Waals surface area contributed by atoms with Crippen molar-refractivity contribution in [2.24, 2.45) is 0 Å². The van der Waals surface area contributed by atoms with Gasteiger partial charge in [-0.2, -0.15) is 0 Å². The highest BCUT2D eigenvalue weighted by atomic mass is 16.5. The van der Waals surface area contributed by atoms with Crippen molar-refractivity contribution in [3.8, 4) is 5.75 Å². The molecule has 15 heavy (non-hydrogen) atoms. The molecule has 1 unspecified atom stereocenters. The first kappa shape index (κ1) is 12.0. The summed E-state index contributed by atoms with van der Waals surface area (Å²) in [6.07, 6.45) is -0.556. The van der Waals surface area contributed by atoms with E-state index in [4.69, 9.17) is 4.74 Å². The van der Waals surface area contributed by atoms with E-state index in [0.29, 0.717) is 6.61 Å². The second kappa shape index (κ2) is 5.14. The first-order valence-electron chi connectivity index (χ1n) is 5.14. The van der Waals surface area contributed by atoms with Gasteiger partial charge in [-0.05, 0) is 51.2 Å². The van der Waals surface area contributed by atoms with E-state index in [1.165, 1.54) is 0 Å². The number of ether oxygens (including phenoxy) is 1. The molecule has 1 rings (SSSR count). The van der Waals surface area contributed by atoms with Gasteiger partial charge in [0.1, 0.15) is 12.0 Å². The molecular weight excluding hydrogens is 190 g/mol. The fraction of sp³-hybridized carbons (Fsp3) is 0.500. The minimum absolute atomic E-state index is 0.556. The summed E-state index contributed by atoms with van der Waals surface area (Å²) in [6.45, 7) is 4.61. The van der Waals surface area contributed by atoms with Gasteiger partial charge in [0, 0.05) is 0 Å². The van der Waals surface area contributed by atoms with Gasteiger partial charge in [-0.15, -0.1) is 0 Å². The van der Waals surface area contributed by atoms with Crippen LogP contribution in [0.25, 0.3) is 0 Å². The molecule has 0 heterocycles. The van der Waals surface area contributed by atoms with E-state index in [1.54, 1.807) is 4.90 Å². The molecule has 1 aromatic carbocycles. The summed E-state index contributed by atoms with van der Waals surface area (Å²) in [5.41, 5.74) is 1.94. The number of benzene rings is 1. The number of aliphatic hydroxyl groups is 1. The lowest BCUT2D eigenvalue weighted by molar-refractivity contribution is 0.0394. The molecular formula is C12H19NO2. The molecule has 0 fully saturated rings. The maximum atomic E-state index is 9.83. The highest BCUT2D eigenvalue weighted by molar-refractivity contribution is 5.36. The Morgan fingerprint density at radius 2 is 2.07 bits per heavy atom. The van der Waals surface area contributed by atoms with Crippen molar-refractivity contribution in [1.29, 1.82) is 0 Å². The normalized spacial score (nSPS) is 12.9. The average molecular weight is 209 g/mol. The van der Waals surface area contributed by atoms with E-state index in [-0.39, 0.29) is 0 Å². The second-order valence-electron chi connectivity index (χ2n) is 3.80. The highest BCUT2D eigenvalue weighted by Crippen LogP contribution is 2.23. The molecule has 0 aliphatic carbocycles. The smallest absolute Gasteiger partial charge is 0.133 e. The molecule has 1 atom stereocenters. The summed E-state index contributed by atoms with van der Waals surface area (Å²) in [5, 5.41) is 9.83. The summed E-state index contributed by atoms with van der Waals surface area (Å²) < 4.78 is 5.44. The summed E-state index contributed by atoms with van der Waals surface area (Å²) in [4.78, 5) is 1.76. The Bertz CT molecular complexity index is 323. The Labute approximate surface area is 91.3 Å². The molecule has 0 bridgehead atoms. The van der Waals surface area contributed by atoms with E-state index in [9.17, 15) is 5.11 Å². The van der Waals surface area contributed by atoms with E-state index in [2.05, 4.69) is 0 Å². The zero-order valence-corrected chi connectivity index (χ0v) is 9.82. The number of hydrogen-bond donors (Lipinski definition) is 1. The molecule has 0 saturated carbocycles. The van der Waals surface area contributed by atoms with Crippen LogP contribution in [0.1, 0.15) is 24.3 Å². The molecule has 84 valence electrons. The Balaban J connectivity index is 2.90. The van der Waals surface area contributed by atoms with E-state index in [0.717, 1.165) is 16.9 Å². The van der Waals surface area contributed by atoms with Crippen LogP contribution in [0.4, 0.5) is 0 Å². The monoisotopic (exact) mass is 209 g/mol. The minimum Gasteiger partial charge on any atom is -0.494 e. The van der Waals surface area contributed by atoms with Crippen molar-refractivity contribution in [3.63, 3.8) is 0 Å². The van der Waals surface area contributed by atoms with Gasteiger partial charge in [0.2, 0.25) is 0 Å². The Kier molecular flexibility index (Phi) is 4.12. The number of rotatable bonds is 4. The third kappa shape index (κ3) is 2.94. The highest BCUT2D eigenvalue weighted by Gasteiger charge is 2.10. The van der Waals surface area contributed by atoms with Gasteiger partial charge in [-0.25, -0.2) is 0 Å². The maximum absolute atomic E-state index is 9.83. The molecule has 0 aliphatic heterocycles. The summed E-state index contributed by atoms with van der Waals surface area (Å²) in [5.74, 6) is 0.882. The summed E-state index contributed by atoms with van der Waals surface area (Å²) >= 11 is 0. The lowest BCUT2D eigenvalue weighted by Gasteiger charge is -2.19. The molecule has 3 nitrogen and oxygen atoms in total. The van der Waals surface area contributed by atoms with Crippen molar-refractivity contribution < 1.29 is 9.84 Å². The van der Waals surface area contributed by atoms with Gasteiger partial charge in [0.25, 0.3) is 0 Å². The van der Waals surface area contributed by atoms with Crippen molar-refractivity contribution in [3.05, 3.63) is 29.3 Å². The van der Waals surface area contributed by atoms with Crippen molar-refractivity contribution in [2.45, 2.75) is 20.1 Å². The van der Waals surface area contributed by atoms with Crippen LogP contribution in [0.3, 0.4) is 0 Å². The summed E-state index contributed by atoms with van der Waals surface area (Å²) in [6, 6.07) is 5.75. The van der Waals surface area contributed by atoms with E-state index in [1.807, 2.05) is 46.1 Å². The van der Waals surface area contributed by atoms with Gasteiger partial charge < -0.3 is 9.84 Å². The quantitative estimate of drug-likeness (QED) is 0.769. The van der Waals surface area contributed by atoms with Crippen LogP contribution in [0.5, 0.6) is 5.75 Å². The van der Waals surface area contributed by atoms with Crippen LogP contribution in [0, 0.1) is 6.92 Å². The lowest BCUT2D eigenvalue weighted by atomic mass is 10.1. The predicted molar refractivity (Wildman–Crippen MR) is 61.0 cm³/mol. The van der Waals surface area contributed by atoms with Gasteiger partial charge in [0.05, 0.1) is 6.61 Å². The lowest BCUT2D eigenvalue weighted by Crippen LogP contribution is -2.19. The number of aryl methyl sites for hydroxylation is 1. The van der Waals surface area contributed by atoms with Crippen LogP contribution in [-0.2, 0) is 0 Å². The van der Waals surface area contributed by atoms with Crippen molar-refractivity contribution >= 4 is 0 Å². The van der Waals surface area contributed by atoms with E-state index < -0.39 is 6.23 Å². The Morgan fingerprint density at radius 3 is 2.53 bits per heavy atom. The number of hydrogen-bond acceptors (Lipinski definition) is 3. The zero-order valence-electron chi connectivity index (χ0n) is 9.82. The molecule has 0 radical (unpaired) electrons. The number of nitrogens with zero attached hydrogens (tertiary/aromatic N) is 1. The molecule has 1 N–H and O–H groups in total. The topological polar surface area (TPSA) is 32.7 Å². The predicted octanol–water partition coefficient (Wildman–Crippen LogP) is 1.95. The Morgan fingerprint density at radius 1 is 1.40 bits per heavy atom. The van der Waals surface area contributed by atoms with Gasteiger partial charge >= 0.3 is 0 Å². The molecule has 0 spiro atoms. The fourth-order valence-electron chi connectivity index (χ4n) is 1.45. The van der Waals surface area contributed by atoms with Gasteiger partial charge in [-0.1, -0.05) is 6.07 Å². The Hall–Kier alpha value is -1.06. The van der Waals surface area contributed by atoms with Crippen molar-refractivity contribution in [1.82, 2.24) is 4.90 Å². The molecule has 0 aliphatic rings. The molecule has 3 heteroatoms. The molecule has 0 aromatic heterocycles. The molecule has 1 aromatic rings. The fourth-order valence-corrected chi connectivity index (χ4v) is 1.45. The van der Waals surface area contributed by atoms with E-state index >= 15 is 0 Å². The van der Waals surface area contributed by atoms with Gasteiger partial charge in [0.15, 0.2) is 0 Å². The SMILES string of the molecule is CCOc1ccc(C(O)N(C)C)cc1C. The van der Waals surface area contributed by atoms with Crippen LogP contribution >= 0.6 is 0 Å². The van der Waals surface area contributed by atoms with Crippen molar-refractivity contribution in [2.75, 3.05) is 20.7 Å². The third-order valence-electron chi connectivity index (χ3n) is 2.29. The van der Waals surface area contributed by atoms with Crippen LogP contribution in [0.15, 0.2) is 18.2 Å². The third-order valence-corrected chi connectivity index (χ3v) is 2.29. The first-order valence-corrected chi connectivity index (χ1v) is 5.14. The van der Waals surface area contributed by atoms with Crippen LogP contribution < -0.4 is 4.74 Å². The standard InChI is InChI=1S/C12H19NO2/c1-5-15-11-7-6-10(8-9(11)2)12(14)13(3)4/h6-8,12,14H,5H2,1-4H3. The second-order valence-corrected chi connectivity index (χ2v) is 3.80. The van der Waals surface area contributed by atoms with Crippen LogP contribution in [-0.4, -0.2) is 30.7 Å². The number of aliphatic hydroxyl groups excluding tert-OH is 1. The zero-order chi connectivity index (χ0) is 11.4. The minimum atomic E-state index is -0.556. The molecule has 0 amide bonds. The van der Waals surface area contributed by atoms with Crippen LogP contribution in [0.2, 0.25) is 0 Å². The average Bonchev–Trinajstić information content (AvgIpc) is 2.20. The first-order chi connectivity index (χ1) is 7.06. The largest absolute Gasteiger partial charge is 0.494 e. The maximum Gasteiger partial charge on any atom is 0.133 e. The summed E-state index contributed by atoms with van der Waals surface area (Å²) in [7, 11) is 3.69. The molecule has 0 saturated heterocycles. The van der Waals surface area contributed by atoms with Gasteiger partial charge in [-0.3, -0.25) is 4.90 Å².